The van der Waals surface area contributed by atoms with Crippen molar-refractivity contribution >= 4 is 18.1 Å². The Morgan fingerprint density at radius 1 is 1.39 bits per heavy atom. The first-order valence-corrected chi connectivity index (χ1v) is 7.62. The SMILES string of the molecule is CSOCC1CC2(C1)CN(C(=O)OC(C)(C)C)C2. The van der Waals surface area contributed by atoms with Crippen LogP contribution < -0.4 is 0 Å². The summed E-state index contributed by atoms with van der Waals surface area (Å²) in [5, 5.41) is 0. The summed E-state index contributed by atoms with van der Waals surface area (Å²) in [4.78, 5) is 13.6. The number of hydrogen-bond acceptors (Lipinski definition) is 4. The van der Waals surface area contributed by atoms with Gasteiger partial charge in [-0.1, -0.05) is 0 Å². The molecule has 1 amide bonds. The van der Waals surface area contributed by atoms with E-state index in [-0.39, 0.29) is 6.09 Å². The quantitative estimate of drug-likeness (QED) is 0.741. The first-order valence-electron chi connectivity index (χ1n) is 6.47. The predicted molar refractivity (Wildman–Crippen MR) is 72.4 cm³/mol. The second-order valence-corrected chi connectivity index (χ2v) is 7.13. The molecule has 1 aliphatic carbocycles. The van der Waals surface area contributed by atoms with Gasteiger partial charge in [0, 0.05) is 24.8 Å². The zero-order valence-corrected chi connectivity index (χ0v) is 12.5. The number of rotatable bonds is 3. The van der Waals surface area contributed by atoms with Gasteiger partial charge in [-0.3, -0.25) is 0 Å². The molecule has 0 aromatic carbocycles. The molecule has 18 heavy (non-hydrogen) atoms. The normalized spacial score (nSPS) is 22.6. The first-order chi connectivity index (χ1) is 8.34. The topological polar surface area (TPSA) is 38.8 Å². The van der Waals surface area contributed by atoms with E-state index in [1.165, 1.54) is 24.9 Å². The van der Waals surface area contributed by atoms with Crippen molar-refractivity contribution in [3.05, 3.63) is 0 Å². The van der Waals surface area contributed by atoms with E-state index in [0.717, 1.165) is 19.7 Å². The zero-order valence-electron chi connectivity index (χ0n) is 11.7. The molecule has 0 aromatic heterocycles. The van der Waals surface area contributed by atoms with Gasteiger partial charge in [0.25, 0.3) is 0 Å². The highest BCUT2D eigenvalue weighted by molar-refractivity contribution is 7.93. The fourth-order valence-corrected chi connectivity index (χ4v) is 3.25. The van der Waals surface area contributed by atoms with Crippen LogP contribution in [0.1, 0.15) is 33.6 Å². The molecule has 0 bridgehead atoms. The fourth-order valence-electron chi connectivity index (χ4n) is 2.92. The van der Waals surface area contributed by atoms with Gasteiger partial charge in [0.05, 0.1) is 6.61 Å². The lowest BCUT2D eigenvalue weighted by Crippen LogP contribution is -2.64. The number of amides is 1. The number of likely N-dealkylation sites (tertiary alicyclic amines) is 1. The Kier molecular flexibility index (Phi) is 3.83. The van der Waals surface area contributed by atoms with Crippen molar-refractivity contribution in [2.24, 2.45) is 11.3 Å². The lowest BCUT2D eigenvalue weighted by Gasteiger charge is -2.58. The maximum atomic E-state index is 11.8. The number of carbonyl (C=O) groups excluding carboxylic acids is 1. The molecule has 1 aliphatic heterocycles. The highest BCUT2D eigenvalue weighted by Gasteiger charge is 2.54. The molecule has 2 fully saturated rings. The summed E-state index contributed by atoms with van der Waals surface area (Å²) >= 11 is 1.43. The molecule has 0 radical (unpaired) electrons. The van der Waals surface area contributed by atoms with Crippen molar-refractivity contribution in [3.8, 4) is 0 Å². The van der Waals surface area contributed by atoms with Gasteiger partial charge in [0.1, 0.15) is 5.60 Å². The molecule has 1 spiro atoms. The van der Waals surface area contributed by atoms with E-state index in [2.05, 4.69) is 0 Å². The van der Waals surface area contributed by atoms with Gasteiger partial charge >= 0.3 is 6.09 Å². The second kappa shape index (κ2) is 4.93. The molecule has 2 rings (SSSR count). The van der Waals surface area contributed by atoms with Crippen LogP contribution in [-0.4, -0.2) is 42.5 Å². The minimum atomic E-state index is -0.395. The van der Waals surface area contributed by atoms with E-state index in [0.29, 0.717) is 11.3 Å². The molecule has 5 heteroatoms. The summed E-state index contributed by atoms with van der Waals surface area (Å²) in [6.45, 7) is 8.27. The molecule has 1 saturated heterocycles. The van der Waals surface area contributed by atoms with Crippen LogP contribution in [0.3, 0.4) is 0 Å². The van der Waals surface area contributed by atoms with Gasteiger partial charge in [-0.25, -0.2) is 4.79 Å². The Labute approximate surface area is 114 Å². The second-order valence-electron chi connectivity index (χ2n) is 6.56. The summed E-state index contributed by atoms with van der Waals surface area (Å²) < 4.78 is 10.7. The van der Waals surface area contributed by atoms with Crippen LogP contribution in [-0.2, 0) is 8.92 Å². The molecule has 1 heterocycles. The minimum Gasteiger partial charge on any atom is -0.444 e. The van der Waals surface area contributed by atoms with Gasteiger partial charge in [-0.05, 0) is 51.6 Å². The molecular formula is C13H23NO3S. The van der Waals surface area contributed by atoms with Crippen LogP contribution in [0.4, 0.5) is 4.79 Å². The molecule has 0 aromatic rings. The highest BCUT2D eigenvalue weighted by atomic mass is 32.2. The van der Waals surface area contributed by atoms with Crippen molar-refractivity contribution < 1.29 is 13.7 Å². The smallest absolute Gasteiger partial charge is 0.410 e. The zero-order chi connectivity index (χ0) is 13.4. The molecular weight excluding hydrogens is 250 g/mol. The van der Waals surface area contributed by atoms with Gasteiger partial charge in [-0.15, -0.1) is 0 Å². The average Bonchev–Trinajstić information content (AvgIpc) is 2.09. The Morgan fingerprint density at radius 2 is 2.00 bits per heavy atom. The third kappa shape index (κ3) is 3.12. The summed E-state index contributed by atoms with van der Waals surface area (Å²) in [6, 6.07) is 0. The van der Waals surface area contributed by atoms with Crippen LogP contribution >= 0.6 is 12.0 Å². The molecule has 104 valence electrons. The van der Waals surface area contributed by atoms with Crippen LogP contribution in [0, 0.1) is 11.3 Å². The van der Waals surface area contributed by atoms with Gasteiger partial charge in [-0.2, -0.15) is 0 Å². The number of ether oxygens (including phenoxy) is 1. The lowest BCUT2D eigenvalue weighted by atomic mass is 9.58. The summed E-state index contributed by atoms with van der Waals surface area (Å²) in [7, 11) is 0. The van der Waals surface area contributed by atoms with Crippen molar-refractivity contribution in [3.63, 3.8) is 0 Å². The standard InChI is InChI=1S/C13H23NO3S/c1-12(2,3)17-11(15)14-8-13(9-14)5-10(6-13)7-16-18-4/h10H,5-9H2,1-4H3. The molecule has 4 nitrogen and oxygen atoms in total. The van der Waals surface area contributed by atoms with E-state index in [1.807, 2.05) is 31.9 Å². The summed E-state index contributed by atoms with van der Waals surface area (Å²) in [5.74, 6) is 0.679. The third-order valence-corrected chi connectivity index (χ3v) is 3.94. The fraction of sp³-hybridized carbons (Fsp3) is 0.923. The molecule has 0 atom stereocenters. The largest absolute Gasteiger partial charge is 0.444 e. The minimum absolute atomic E-state index is 0.170. The van der Waals surface area contributed by atoms with Crippen LogP contribution in [0.25, 0.3) is 0 Å². The Hall–Kier alpha value is -0.420. The van der Waals surface area contributed by atoms with Crippen molar-refractivity contribution in [1.82, 2.24) is 4.90 Å². The first kappa shape index (κ1) is 14.0. The maximum Gasteiger partial charge on any atom is 0.410 e. The third-order valence-electron chi connectivity index (χ3n) is 3.57. The Balaban J connectivity index is 1.67. The highest BCUT2D eigenvalue weighted by Crippen LogP contribution is 2.52. The number of nitrogens with zero attached hydrogens (tertiary/aromatic N) is 1. The van der Waals surface area contributed by atoms with Crippen LogP contribution in [0.2, 0.25) is 0 Å². The Bertz CT molecular complexity index is 313. The van der Waals surface area contributed by atoms with Crippen molar-refractivity contribution in [2.45, 2.75) is 39.2 Å². The van der Waals surface area contributed by atoms with Crippen molar-refractivity contribution in [1.29, 1.82) is 0 Å². The summed E-state index contributed by atoms with van der Waals surface area (Å²) in [6.07, 6.45) is 4.15. The number of carbonyl (C=O) groups is 1. The van der Waals surface area contributed by atoms with Gasteiger partial charge in [0.15, 0.2) is 0 Å². The molecule has 2 aliphatic rings. The van der Waals surface area contributed by atoms with Crippen LogP contribution in [0.5, 0.6) is 0 Å². The van der Waals surface area contributed by atoms with E-state index in [1.54, 1.807) is 0 Å². The maximum absolute atomic E-state index is 11.8. The molecule has 0 unspecified atom stereocenters. The van der Waals surface area contributed by atoms with Gasteiger partial charge < -0.3 is 13.8 Å². The average molecular weight is 273 g/mol. The lowest BCUT2D eigenvalue weighted by molar-refractivity contribution is -0.101. The van der Waals surface area contributed by atoms with E-state index >= 15 is 0 Å². The molecule has 0 N–H and O–H groups in total. The van der Waals surface area contributed by atoms with Crippen LogP contribution in [0.15, 0.2) is 0 Å². The molecule has 1 saturated carbocycles. The monoisotopic (exact) mass is 273 g/mol. The Morgan fingerprint density at radius 3 is 2.50 bits per heavy atom. The van der Waals surface area contributed by atoms with E-state index in [4.69, 9.17) is 8.92 Å². The van der Waals surface area contributed by atoms with E-state index in [9.17, 15) is 4.79 Å². The van der Waals surface area contributed by atoms with Crippen molar-refractivity contribution in [2.75, 3.05) is 26.0 Å². The number of hydrogen-bond donors (Lipinski definition) is 0. The summed E-state index contributed by atoms with van der Waals surface area (Å²) in [5.41, 5.74) is -0.0164. The van der Waals surface area contributed by atoms with Gasteiger partial charge in [0.2, 0.25) is 0 Å². The predicted octanol–water partition coefficient (Wildman–Crippen LogP) is 2.93. The van der Waals surface area contributed by atoms with E-state index < -0.39 is 5.60 Å².